The van der Waals surface area contributed by atoms with Crippen molar-refractivity contribution < 1.29 is 18.0 Å². The standard InChI is InChI=1S/C23H28Cl3N3O4S/c1-15(22(31)27-23(2,3)4)28(13-16-7-6-8-17(24)11-16)21(30)14-29(34(5,32)33)20-12-18(25)9-10-19(20)26/h6-12,15H,13-14H2,1-5H3,(H,27,31)/t15-/m0/s1. The van der Waals surface area contributed by atoms with Gasteiger partial charge in [0.15, 0.2) is 0 Å². The molecule has 0 aliphatic carbocycles. The average molecular weight is 549 g/mol. The number of halogens is 3. The van der Waals surface area contributed by atoms with Crippen molar-refractivity contribution in [2.75, 3.05) is 17.1 Å². The van der Waals surface area contributed by atoms with Crippen LogP contribution in [0.5, 0.6) is 0 Å². The third-order valence-corrected chi connectivity index (χ3v) is 6.68. The summed E-state index contributed by atoms with van der Waals surface area (Å²) in [5.41, 5.74) is 0.228. The molecule has 0 fully saturated rings. The molecular weight excluding hydrogens is 521 g/mol. The SMILES string of the molecule is C[C@@H](C(=O)NC(C)(C)C)N(Cc1cccc(Cl)c1)C(=O)CN(c1cc(Cl)ccc1Cl)S(C)(=O)=O. The van der Waals surface area contributed by atoms with Crippen molar-refractivity contribution in [2.45, 2.75) is 45.8 Å². The van der Waals surface area contributed by atoms with Crippen molar-refractivity contribution in [3.8, 4) is 0 Å². The molecular formula is C23H28Cl3N3O4S. The molecule has 1 N–H and O–H groups in total. The number of hydrogen-bond donors (Lipinski definition) is 1. The minimum Gasteiger partial charge on any atom is -0.350 e. The van der Waals surface area contributed by atoms with Gasteiger partial charge in [0.2, 0.25) is 21.8 Å². The van der Waals surface area contributed by atoms with Crippen molar-refractivity contribution in [3.63, 3.8) is 0 Å². The van der Waals surface area contributed by atoms with E-state index in [0.29, 0.717) is 10.6 Å². The highest BCUT2D eigenvalue weighted by Gasteiger charge is 2.32. The Morgan fingerprint density at radius 2 is 1.65 bits per heavy atom. The molecule has 11 heteroatoms. The van der Waals surface area contributed by atoms with E-state index in [4.69, 9.17) is 34.8 Å². The highest BCUT2D eigenvalue weighted by molar-refractivity contribution is 7.92. The predicted octanol–water partition coefficient (Wildman–Crippen LogP) is 4.74. The van der Waals surface area contributed by atoms with Gasteiger partial charge in [-0.05, 0) is 63.6 Å². The molecule has 0 bridgehead atoms. The van der Waals surface area contributed by atoms with Crippen LogP contribution < -0.4 is 9.62 Å². The molecule has 0 saturated heterocycles. The maximum atomic E-state index is 13.5. The maximum Gasteiger partial charge on any atom is 0.244 e. The van der Waals surface area contributed by atoms with E-state index in [2.05, 4.69) is 5.32 Å². The third kappa shape index (κ3) is 8.05. The molecule has 7 nitrogen and oxygen atoms in total. The number of rotatable bonds is 8. The van der Waals surface area contributed by atoms with E-state index < -0.39 is 34.1 Å². The van der Waals surface area contributed by atoms with Crippen LogP contribution in [0.2, 0.25) is 15.1 Å². The minimum absolute atomic E-state index is 0.0407. The summed E-state index contributed by atoms with van der Waals surface area (Å²) in [6.07, 6.45) is 0.967. The second-order valence-corrected chi connectivity index (χ2v) is 12.1. The summed E-state index contributed by atoms with van der Waals surface area (Å²) < 4.78 is 26.1. The summed E-state index contributed by atoms with van der Waals surface area (Å²) >= 11 is 18.4. The Morgan fingerprint density at radius 1 is 1.03 bits per heavy atom. The molecule has 0 heterocycles. The van der Waals surface area contributed by atoms with Crippen LogP contribution in [0, 0.1) is 0 Å². The average Bonchev–Trinajstić information content (AvgIpc) is 2.69. The molecule has 2 aromatic carbocycles. The van der Waals surface area contributed by atoms with Gasteiger partial charge in [0.05, 0.1) is 17.0 Å². The largest absolute Gasteiger partial charge is 0.350 e. The molecule has 0 aromatic heterocycles. The lowest BCUT2D eigenvalue weighted by molar-refractivity contribution is -0.140. The maximum absolute atomic E-state index is 13.5. The number of benzene rings is 2. The van der Waals surface area contributed by atoms with Crippen LogP contribution in [-0.4, -0.2) is 49.5 Å². The zero-order valence-corrected chi connectivity index (χ0v) is 22.7. The van der Waals surface area contributed by atoms with Gasteiger partial charge in [-0.1, -0.05) is 46.9 Å². The Labute approximate surface area is 216 Å². The molecule has 2 rings (SSSR count). The van der Waals surface area contributed by atoms with Crippen molar-refractivity contribution in [1.29, 1.82) is 0 Å². The fourth-order valence-corrected chi connectivity index (χ4v) is 4.66. The fourth-order valence-electron chi connectivity index (χ4n) is 3.16. The Hall–Kier alpha value is -2.00. The summed E-state index contributed by atoms with van der Waals surface area (Å²) in [5, 5.41) is 3.70. The van der Waals surface area contributed by atoms with Gasteiger partial charge in [-0.25, -0.2) is 8.42 Å². The molecule has 0 radical (unpaired) electrons. The predicted molar refractivity (Wildman–Crippen MR) is 138 cm³/mol. The van der Waals surface area contributed by atoms with E-state index in [-0.39, 0.29) is 28.2 Å². The first-order valence-corrected chi connectivity index (χ1v) is 13.4. The molecule has 186 valence electrons. The molecule has 0 spiro atoms. The van der Waals surface area contributed by atoms with Crippen LogP contribution in [0.1, 0.15) is 33.3 Å². The quantitative estimate of drug-likeness (QED) is 0.516. The van der Waals surface area contributed by atoms with Crippen LogP contribution in [0.3, 0.4) is 0 Å². The molecule has 2 aromatic rings. The summed E-state index contributed by atoms with van der Waals surface area (Å²) in [6, 6.07) is 10.3. The van der Waals surface area contributed by atoms with Gasteiger partial charge in [0.25, 0.3) is 0 Å². The number of carbonyl (C=O) groups excluding carboxylic acids is 2. The smallest absolute Gasteiger partial charge is 0.244 e. The molecule has 0 aliphatic heterocycles. The number of amides is 2. The molecule has 0 saturated carbocycles. The molecule has 34 heavy (non-hydrogen) atoms. The highest BCUT2D eigenvalue weighted by Crippen LogP contribution is 2.31. The Balaban J connectivity index is 2.45. The Morgan fingerprint density at radius 3 is 2.21 bits per heavy atom. The first-order valence-electron chi connectivity index (χ1n) is 10.4. The van der Waals surface area contributed by atoms with E-state index in [0.717, 1.165) is 10.6 Å². The van der Waals surface area contributed by atoms with E-state index in [1.165, 1.54) is 23.1 Å². The Kier molecular flexibility index (Phi) is 9.27. The minimum atomic E-state index is -3.92. The monoisotopic (exact) mass is 547 g/mol. The lowest BCUT2D eigenvalue weighted by Gasteiger charge is -2.33. The van der Waals surface area contributed by atoms with E-state index in [1.807, 2.05) is 20.8 Å². The normalized spacial score (nSPS) is 12.7. The number of hydrogen-bond acceptors (Lipinski definition) is 4. The van der Waals surface area contributed by atoms with Gasteiger partial charge in [0, 0.05) is 22.1 Å². The summed E-state index contributed by atoms with van der Waals surface area (Å²) in [5.74, 6) is -0.979. The summed E-state index contributed by atoms with van der Waals surface area (Å²) in [4.78, 5) is 27.7. The molecule has 0 aliphatic rings. The fraction of sp³-hybridized carbons (Fsp3) is 0.391. The van der Waals surface area contributed by atoms with Crippen LogP contribution in [0.4, 0.5) is 5.69 Å². The van der Waals surface area contributed by atoms with E-state index >= 15 is 0 Å². The van der Waals surface area contributed by atoms with Gasteiger partial charge >= 0.3 is 0 Å². The van der Waals surface area contributed by atoms with Crippen molar-refractivity contribution in [1.82, 2.24) is 10.2 Å². The lowest BCUT2D eigenvalue weighted by Crippen LogP contribution is -2.54. The Bertz CT molecular complexity index is 1170. The summed E-state index contributed by atoms with van der Waals surface area (Å²) in [7, 11) is -3.92. The lowest BCUT2D eigenvalue weighted by atomic mass is 10.1. The van der Waals surface area contributed by atoms with E-state index in [1.54, 1.807) is 31.2 Å². The van der Waals surface area contributed by atoms with Crippen LogP contribution in [-0.2, 0) is 26.2 Å². The van der Waals surface area contributed by atoms with Crippen molar-refractivity contribution >= 4 is 62.3 Å². The van der Waals surface area contributed by atoms with Gasteiger partial charge < -0.3 is 10.2 Å². The molecule has 1 atom stereocenters. The van der Waals surface area contributed by atoms with Gasteiger partial charge in [-0.15, -0.1) is 0 Å². The first kappa shape index (κ1) is 28.2. The topological polar surface area (TPSA) is 86.8 Å². The third-order valence-electron chi connectivity index (χ3n) is 4.76. The highest BCUT2D eigenvalue weighted by atomic mass is 35.5. The van der Waals surface area contributed by atoms with E-state index in [9.17, 15) is 18.0 Å². The van der Waals surface area contributed by atoms with Gasteiger partial charge in [-0.2, -0.15) is 0 Å². The second-order valence-electron chi connectivity index (χ2n) is 8.93. The first-order chi connectivity index (χ1) is 15.6. The number of anilines is 1. The summed E-state index contributed by atoms with van der Waals surface area (Å²) in [6.45, 7) is 6.53. The van der Waals surface area contributed by atoms with Gasteiger partial charge in [0.1, 0.15) is 12.6 Å². The number of carbonyl (C=O) groups is 2. The molecule has 0 unspecified atom stereocenters. The van der Waals surface area contributed by atoms with Crippen LogP contribution in [0.15, 0.2) is 42.5 Å². The number of sulfonamides is 1. The van der Waals surface area contributed by atoms with Crippen molar-refractivity contribution in [2.24, 2.45) is 0 Å². The number of nitrogens with one attached hydrogen (secondary N) is 1. The van der Waals surface area contributed by atoms with Gasteiger partial charge in [-0.3, -0.25) is 13.9 Å². The number of nitrogens with zero attached hydrogens (tertiary/aromatic N) is 2. The van der Waals surface area contributed by atoms with Crippen molar-refractivity contribution in [3.05, 3.63) is 63.1 Å². The second kappa shape index (κ2) is 11.2. The zero-order valence-electron chi connectivity index (χ0n) is 19.6. The van der Waals surface area contributed by atoms with Crippen LogP contribution in [0.25, 0.3) is 0 Å². The van der Waals surface area contributed by atoms with Crippen LogP contribution >= 0.6 is 34.8 Å². The zero-order chi connectivity index (χ0) is 25.8. The molecule has 2 amide bonds.